The van der Waals surface area contributed by atoms with Gasteiger partial charge in [-0.15, -0.1) is 0 Å². The van der Waals surface area contributed by atoms with Crippen LogP contribution >= 0.6 is 0 Å². The highest BCUT2D eigenvalue weighted by Gasteiger charge is 2.22. The molecule has 0 fully saturated rings. The summed E-state index contributed by atoms with van der Waals surface area (Å²) in [6.07, 6.45) is 0. The normalized spacial score (nSPS) is 11.6. The van der Waals surface area contributed by atoms with Crippen molar-refractivity contribution >= 4 is 43.7 Å². The van der Waals surface area contributed by atoms with Crippen molar-refractivity contribution in [2.45, 2.75) is 0 Å². The summed E-state index contributed by atoms with van der Waals surface area (Å²) in [5.41, 5.74) is 10.5. The van der Waals surface area contributed by atoms with E-state index in [1.807, 2.05) is 66.7 Å². The van der Waals surface area contributed by atoms with Gasteiger partial charge in [-0.1, -0.05) is 146 Å². The number of oxazole rings is 1. The summed E-state index contributed by atoms with van der Waals surface area (Å²) in [5.74, 6) is 2.40. The number of hydrogen-bond acceptors (Lipinski definition) is 5. The molecule has 0 atom stereocenters. The Kier molecular flexibility index (Phi) is 7.38. The Morgan fingerprint density at radius 1 is 0.393 bits per heavy atom. The lowest BCUT2D eigenvalue weighted by atomic mass is 10.0. The predicted octanol–water partition coefficient (Wildman–Crippen LogP) is 12.6. The van der Waals surface area contributed by atoms with Crippen LogP contribution in [0.1, 0.15) is 0 Å². The van der Waals surface area contributed by atoms with Gasteiger partial charge in [0.05, 0.1) is 11.0 Å². The van der Waals surface area contributed by atoms with E-state index in [1.165, 1.54) is 10.8 Å². The Morgan fingerprint density at radius 3 is 1.70 bits per heavy atom. The lowest BCUT2D eigenvalue weighted by molar-refractivity contribution is 0.622. The largest absolute Gasteiger partial charge is 0.434 e. The van der Waals surface area contributed by atoms with E-state index >= 15 is 0 Å². The van der Waals surface area contributed by atoms with Crippen molar-refractivity contribution in [3.05, 3.63) is 188 Å². The Hall–Kier alpha value is -7.70. The first-order valence-electron chi connectivity index (χ1n) is 18.6. The van der Waals surface area contributed by atoms with Crippen LogP contribution in [0.5, 0.6) is 0 Å². The molecule has 3 aromatic heterocycles. The van der Waals surface area contributed by atoms with E-state index in [-0.39, 0.29) is 0 Å². The number of hydrogen-bond donors (Lipinski definition) is 0. The molecule has 11 rings (SSSR count). The molecule has 56 heavy (non-hydrogen) atoms. The van der Waals surface area contributed by atoms with Crippen molar-refractivity contribution < 1.29 is 4.42 Å². The summed E-state index contributed by atoms with van der Waals surface area (Å²) in [6, 6.07) is 64.6. The van der Waals surface area contributed by atoms with E-state index in [4.69, 9.17) is 24.4 Å². The van der Waals surface area contributed by atoms with Crippen LogP contribution in [0, 0.1) is 0 Å². The number of benzene rings is 8. The Labute approximate surface area is 322 Å². The molecule has 0 aliphatic heterocycles. The molecule has 0 amide bonds. The molecule has 0 saturated carbocycles. The maximum Gasteiger partial charge on any atom is 0.227 e. The Balaban J connectivity index is 1.12. The van der Waals surface area contributed by atoms with Crippen molar-refractivity contribution in [1.82, 2.24) is 24.5 Å². The number of fused-ring (bicyclic) bond motifs is 7. The fraction of sp³-hybridized carbons (Fsp3) is 0. The van der Waals surface area contributed by atoms with E-state index in [1.54, 1.807) is 0 Å². The minimum atomic E-state index is 0.588. The molecule has 8 aromatic carbocycles. The van der Waals surface area contributed by atoms with Crippen LogP contribution < -0.4 is 0 Å². The average molecular weight is 718 g/mol. The van der Waals surface area contributed by atoms with Crippen LogP contribution in [0.2, 0.25) is 0 Å². The number of rotatable bonds is 6. The third-order valence-corrected chi connectivity index (χ3v) is 10.5. The Bertz CT molecular complexity index is 3230. The van der Waals surface area contributed by atoms with Gasteiger partial charge in [-0.25, -0.2) is 19.9 Å². The van der Waals surface area contributed by atoms with Gasteiger partial charge in [0.25, 0.3) is 0 Å². The fourth-order valence-electron chi connectivity index (χ4n) is 7.80. The van der Waals surface area contributed by atoms with E-state index < -0.39 is 0 Å². The quantitative estimate of drug-likeness (QED) is 0.171. The summed E-state index contributed by atoms with van der Waals surface area (Å²) in [6.45, 7) is 0. The number of aromatic nitrogens is 5. The maximum absolute atomic E-state index is 6.69. The Morgan fingerprint density at radius 2 is 0.964 bits per heavy atom. The molecule has 0 bridgehead atoms. The standard InChI is InChI=1S/C50H31N5O/c1-4-13-32(14-5-1)33-23-25-36(26-24-33)48-52-47(35-16-6-2-7-17-35)53-49(54-48)38-20-12-21-39(31-38)55-43-30-27-34-15-10-11-22-40(34)44(43)41-28-29-42-46(45(41)55)56-50(51-42)37-18-8-3-9-19-37/h1-31H. The molecule has 0 saturated heterocycles. The van der Waals surface area contributed by atoms with Gasteiger partial charge >= 0.3 is 0 Å². The first-order valence-corrected chi connectivity index (χ1v) is 18.6. The van der Waals surface area contributed by atoms with Crippen LogP contribution in [0.25, 0.3) is 106 Å². The van der Waals surface area contributed by atoms with Crippen molar-refractivity contribution in [3.8, 4) is 62.4 Å². The number of nitrogens with zero attached hydrogens (tertiary/aromatic N) is 5. The summed E-state index contributed by atoms with van der Waals surface area (Å²) >= 11 is 0. The zero-order chi connectivity index (χ0) is 37.0. The second kappa shape index (κ2) is 13.0. The molecular weight excluding hydrogens is 687 g/mol. The van der Waals surface area contributed by atoms with Crippen LogP contribution in [-0.2, 0) is 0 Å². The first kappa shape index (κ1) is 31.8. The fourth-order valence-corrected chi connectivity index (χ4v) is 7.80. The van der Waals surface area contributed by atoms with Gasteiger partial charge in [-0.2, -0.15) is 0 Å². The highest BCUT2D eigenvalue weighted by atomic mass is 16.3. The molecule has 0 aliphatic rings. The molecule has 0 aliphatic carbocycles. The minimum Gasteiger partial charge on any atom is -0.434 e. The predicted molar refractivity (Wildman–Crippen MR) is 226 cm³/mol. The second-order valence-corrected chi connectivity index (χ2v) is 13.9. The molecule has 6 nitrogen and oxygen atoms in total. The third-order valence-electron chi connectivity index (χ3n) is 10.5. The molecule has 0 N–H and O–H groups in total. The van der Waals surface area contributed by atoms with E-state index in [9.17, 15) is 0 Å². The zero-order valence-corrected chi connectivity index (χ0v) is 30.0. The lowest BCUT2D eigenvalue weighted by Crippen LogP contribution is -2.01. The summed E-state index contributed by atoms with van der Waals surface area (Å²) < 4.78 is 8.98. The third kappa shape index (κ3) is 5.35. The molecule has 6 heteroatoms. The van der Waals surface area contributed by atoms with Crippen molar-refractivity contribution in [2.75, 3.05) is 0 Å². The molecule has 0 unspecified atom stereocenters. The molecule has 0 radical (unpaired) electrons. The minimum absolute atomic E-state index is 0.588. The van der Waals surface area contributed by atoms with E-state index in [2.05, 4.69) is 126 Å². The van der Waals surface area contributed by atoms with Crippen LogP contribution in [-0.4, -0.2) is 24.5 Å². The summed E-state index contributed by atoms with van der Waals surface area (Å²) in [4.78, 5) is 20.2. The van der Waals surface area contributed by atoms with E-state index in [0.717, 1.165) is 72.0 Å². The lowest BCUT2D eigenvalue weighted by Gasteiger charge is -2.12. The highest BCUT2D eigenvalue weighted by Crippen LogP contribution is 2.41. The van der Waals surface area contributed by atoms with Crippen LogP contribution in [0.3, 0.4) is 0 Å². The van der Waals surface area contributed by atoms with Gasteiger partial charge in [-0.05, 0) is 64.4 Å². The summed E-state index contributed by atoms with van der Waals surface area (Å²) in [5, 5.41) is 4.62. The zero-order valence-electron chi connectivity index (χ0n) is 30.0. The van der Waals surface area contributed by atoms with Crippen molar-refractivity contribution in [3.63, 3.8) is 0 Å². The second-order valence-electron chi connectivity index (χ2n) is 13.9. The van der Waals surface area contributed by atoms with Gasteiger partial charge < -0.3 is 8.98 Å². The molecular formula is C50H31N5O. The molecule has 0 spiro atoms. The van der Waals surface area contributed by atoms with Gasteiger partial charge in [-0.3, -0.25) is 0 Å². The SMILES string of the molecule is c1ccc(-c2ccc(-c3nc(-c4ccccc4)nc(-c4cccc(-n5c6ccc7ccccc7c6c6ccc7nc(-c8ccccc8)oc7c65)c4)n3)cc2)cc1. The molecule has 11 aromatic rings. The average Bonchev–Trinajstić information content (AvgIpc) is 3.87. The molecule has 3 heterocycles. The monoisotopic (exact) mass is 717 g/mol. The van der Waals surface area contributed by atoms with Crippen molar-refractivity contribution in [1.29, 1.82) is 0 Å². The van der Waals surface area contributed by atoms with Gasteiger partial charge in [0.15, 0.2) is 23.1 Å². The van der Waals surface area contributed by atoms with Crippen LogP contribution in [0.15, 0.2) is 192 Å². The van der Waals surface area contributed by atoms with Gasteiger partial charge in [0.1, 0.15) is 5.52 Å². The van der Waals surface area contributed by atoms with Gasteiger partial charge in [0.2, 0.25) is 5.89 Å². The highest BCUT2D eigenvalue weighted by molar-refractivity contribution is 6.25. The van der Waals surface area contributed by atoms with E-state index in [0.29, 0.717) is 23.4 Å². The first-order chi connectivity index (χ1) is 27.7. The van der Waals surface area contributed by atoms with Crippen molar-refractivity contribution in [2.24, 2.45) is 0 Å². The smallest absolute Gasteiger partial charge is 0.227 e. The van der Waals surface area contributed by atoms with Gasteiger partial charge in [0, 0.05) is 38.7 Å². The topological polar surface area (TPSA) is 69.6 Å². The summed E-state index contributed by atoms with van der Waals surface area (Å²) in [7, 11) is 0. The maximum atomic E-state index is 6.69. The van der Waals surface area contributed by atoms with Crippen LogP contribution in [0.4, 0.5) is 0 Å². The molecule has 262 valence electrons.